The zero-order valence-corrected chi connectivity index (χ0v) is 9.41. The second-order valence-corrected chi connectivity index (χ2v) is 3.97. The summed E-state index contributed by atoms with van der Waals surface area (Å²) in [5.74, 6) is 0.0686. The van der Waals surface area contributed by atoms with Crippen LogP contribution in [0.5, 0.6) is 0 Å². The number of nitrogens with zero attached hydrogens (tertiary/aromatic N) is 1. The van der Waals surface area contributed by atoms with E-state index in [1.54, 1.807) is 0 Å². The Kier molecular flexibility index (Phi) is 3.84. The Balaban J connectivity index is 2.94. The molecule has 1 rings (SSSR count). The molecule has 0 aromatic heterocycles. The topological polar surface area (TPSA) is 40.9 Å². The summed E-state index contributed by atoms with van der Waals surface area (Å²) in [6.45, 7) is 1.54. The van der Waals surface area contributed by atoms with Gasteiger partial charge in [0, 0.05) is 0 Å². The minimum atomic E-state index is -0.263. The molecule has 0 N–H and O–H groups in total. The quantitative estimate of drug-likeness (QED) is 0.776. The van der Waals surface area contributed by atoms with Crippen molar-refractivity contribution in [3.63, 3.8) is 0 Å². The molecule has 0 aliphatic carbocycles. The van der Waals surface area contributed by atoms with E-state index >= 15 is 0 Å². The number of rotatable bonds is 3. The fourth-order valence-corrected chi connectivity index (χ4v) is 1.47. The van der Waals surface area contributed by atoms with Crippen LogP contribution in [0.3, 0.4) is 0 Å². The van der Waals surface area contributed by atoms with Crippen LogP contribution in [-0.4, -0.2) is 5.78 Å². The maximum absolute atomic E-state index is 11.1. The normalized spacial score (nSPS) is 11.8. The van der Waals surface area contributed by atoms with Gasteiger partial charge in [-0.1, -0.05) is 40.2 Å². The monoisotopic (exact) mass is 251 g/mol. The molecule has 0 radical (unpaired) electrons. The van der Waals surface area contributed by atoms with E-state index in [4.69, 9.17) is 5.26 Å². The van der Waals surface area contributed by atoms with Crippen LogP contribution in [-0.2, 0) is 11.2 Å². The molecule has 72 valence electrons. The highest BCUT2D eigenvalue weighted by molar-refractivity contribution is 9.09. The molecule has 1 unspecified atom stereocenters. The number of benzene rings is 1. The number of ketones is 1. The molecule has 0 aliphatic heterocycles. The van der Waals surface area contributed by atoms with Crippen LogP contribution >= 0.6 is 15.9 Å². The molecule has 0 spiro atoms. The summed E-state index contributed by atoms with van der Waals surface area (Å²) in [4.78, 5) is 10.8. The Labute approximate surface area is 91.7 Å². The van der Waals surface area contributed by atoms with Crippen molar-refractivity contribution in [3.8, 4) is 6.07 Å². The van der Waals surface area contributed by atoms with Crippen LogP contribution in [0.4, 0.5) is 0 Å². The summed E-state index contributed by atoms with van der Waals surface area (Å²) in [5, 5.41) is 8.53. The van der Waals surface area contributed by atoms with Crippen molar-refractivity contribution in [2.24, 2.45) is 0 Å². The average Bonchev–Trinajstić information content (AvgIpc) is 2.17. The molecule has 3 heteroatoms. The van der Waals surface area contributed by atoms with E-state index in [9.17, 15) is 4.79 Å². The summed E-state index contributed by atoms with van der Waals surface area (Å²) >= 11 is 3.30. The predicted molar refractivity (Wildman–Crippen MR) is 58.1 cm³/mol. The van der Waals surface area contributed by atoms with E-state index < -0.39 is 0 Å². The first-order valence-corrected chi connectivity index (χ1v) is 5.17. The van der Waals surface area contributed by atoms with Crippen LogP contribution in [0.2, 0.25) is 0 Å². The fraction of sp³-hybridized carbons (Fsp3) is 0.273. The van der Waals surface area contributed by atoms with Gasteiger partial charge in [0.2, 0.25) is 0 Å². The van der Waals surface area contributed by atoms with Gasteiger partial charge in [0.05, 0.1) is 17.3 Å². The van der Waals surface area contributed by atoms with Gasteiger partial charge in [0.15, 0.2) is 0 Å². The SMILES string of the molecule is CC(=O)C(Br)c1cccc(CC#N)c1. The van der Waals surface area contributed by atoms with Crippen molar-refractivity contribution >= 4 is 21.7 Å². The van der Waals surface area contributed by atoms with Crippen molar-refractivity contribution in [2.75, 3.05) is 0 Å². The van der Waals surface area contributed by atoms with E-state index in [0.717, 1.165) is 11.1 Å². The van der Waals surface area contributed by atoms with Gasteiger partial charge in [-0.15, -0.1) is 0 Å². The number of nitriles is 1. The highest BCUT2D eigenvalue weighted by atomic mass is 79.9. The zero-order chi connectivity index (χ0) is 10.6. The third kappa shape index (κ3) is 2.68. The Bertz CT molecular complexity index is 381. The number of Topliss-reactive ketones (excluding diaryl/α,β-unsaturated/α-hetero) is 1. The lowest BCUT2D eigenvalue weighted by molar-refractivity contribution is -0.116. The number of halogens is 1. The van der Waals surface area contributed by atoms with Crippen LogP contribution < -0.4 is 0 Å². The van der Waals surface area contributed by atoms with Gasteiger partial charge in [-0.25, -0.2) is 0 Å². The minimum Gasteiger partial charge on any atom is -0.298 e. The van der Waals surface area contributed by atoms with E-state index in [1.165, 1.54) is 6.92 Å². The minimum absolute atomic E-state index is 0.0686. The summed E-state index contributed by atoms with van der Waals surface area (Å²) in [6.07, 6.45) is 0.380. The van der Waals surface area contributed by atoms with Gasteiger partial charge in [0.1, 0.15) is 5.78 Å². The summed E-state index contributed by atoms with van der Waals surface area (Å²) in [6, 6.07) is 9.58. The Morgan fingerprint density at radius 1 is 1.64 bits per heavy atom. The molecule has 0 aliphatic rings. The number of alkyl halides is 1. The number of hydrogen-bond donors (Lipinski definition) is 0. The Hall–Kier alpha value is -1.14. The molecule has 14 heavy (non-hydrogen) atoms. The van der Waals surface area contributed by atoms with E-state index in [0.29, 0.717) is 6.42 Å². The molecule has 0 heterocycles. The molecule has 0 amide bonds. The first-order valence-electron chi connectivity index (χ1n) is 4.25. The van der Waals surface area contributed by atoms with Crippen LogP contribution in [0.1, 0.15) is 22.9 Å². The number of carbonyl (C=O) groups excluding carboxylic acids is 1. The maximum atomic E-state index is 11.1. The second-order valence-electron chi connectivity index (χ2n) is 3.05. The summed E-state index contributed by atoms with van der Waals surface area (Å²) < 4.78 is 0. The summed E-state index contributed by atoms with van der Waals surface area (Å²) in [7, 11) is 0. The molecular weight excluding hydrogens is 242 g/mol. The van der Waals surface area contributed by atoms with Crippen molar-refractivity contribution < 1.29 is 4.79 Å². The van der Waals surface area contributed by atoms with Crippen LogP contribution in [0.25, 0.3) is 0 Å². The molecule has 2 nitrogen and oxygen atoms in total. The second kappa shape index (κ2) is 4.92. The third-order valence-electron chi connectivity index (χ3n) is 1.88. The molecule has 0 bridgehead atoms. The van der Waals surface area contributed by atoms with Crippen LogP contribution in [0, 0.1) is 11.3 Å². The highest BCUT2D eigenvalue weighted by Gasteiger charge is 2.12. The summed E-state index contributed by atoms with van der Waals surface area (Å²) in [5.41, 5.74) is 1.85. The Morgan fingerprint density at radius 2 is 2.36 bits per heavy atom. The molecule has 0 saturated heterocycles. The van der Waals surface area contributed by atoms with Crippen LogP contribution in [0.15, 0.2) is 24.3 Å². The van der Waals surface area contributed by atoms with Crippen molar-refractivity contribution in [2.45, 2.75) is 18.2 Å². The largest absolute Gasteiger partial charge is 0.298 e. The predicted octanol–water partition coefficient (Wildman–Crippen LogP) is 2.78. The van der Waals surface area contributed by atoms with Gasteiger partial charge in [-0.2, -0.15) is 5.26 Å². The van der Waals surface area contributed by atoms with Gasteiger partial charge < -0.3 is 0 Å². The lowest BCUT2D eigenvalue weighted by Gasteiger charge is -2.06. The van der Waals surface area contributed by atoms with Crippen molar-refractivity contribution in [1.82, 2.24) is 0 Å². The molecule has 1 atom stereocenters. The van der Waals surface area contributed by atoms with E-state index in [2.05, 4.69) is 22.0 Å². The molecule has 0 fully saturated rings. The molecule has 1 aromatic carbocycles. The van der Waals surface area contributed by atoms with Gasteiger partial charge >= 0.3 is 0 Å². The third-order valence-corrected chi connectivity index (χ3v) is 3.06. The lowest BCUT2D eigenvalue weighted by Crippen LogP contribution is -2.01. The van der Waals surface area contributed by atoms with Crippen molar-refractivity contribution in [1.29, 1.82) is 5.26 Å². The van der Waals surface area contributed by atoms with Gasteiger partial charge in [-0.3, -0.25) is 4.79 Å². The smallest absolute Gasteiger partial charge is 0.147 e. The molecule has 0 saturated carbocycles. The number of carbonyl (C=O) groups is 1. The lowest BCUT2D eigenvalue weighted by atomic mass is 10.0. The standard InChI is InChI=1S/C11H10BrNO/c1-8(14)11(12)10-4-2-3-9(7-10)5-6-13/h2-4,7,11H,5H2,1H3. The fourth-order valence-electron chi connectivity index (χ4n) is 1.19. The van der Waals surface area contributed by atoms with E-state index in [-0.39, 0.29) is 10.6 Å². The Morgan fingerprint density at radius 3 is 2.93 bits per heavy atom. The average molecular weight is 252 g/mol. The number of hydrogen-bond acceptors (Lipinski definition) is 2. The molecule has 1 aromatic rings. The highest BCUT2D eigenvalue weighted by Crippen LogP contribution is 2.24. The van der Waals surface area contributed by atoms with Gasteiger partial charge in [0.25, 0.3) is 0 Å². The first kappa shape index (κ1) is 10.9. The molecular formula is C11H10BrNO. The van der Waals surface area contributed by atoms with Gasteiger partial charge in [-0.05, 0) is 18.1 Å². The zero-order valence-electron chi connectivity index (χ0n) is 7.83. The first-order chi connectivity index (χ1) is 6.65. The maximum Gasteiger partial charge on any atom is 0.147 e. The van der Waals surface area contributed by atoms with Crippen molar-refractivity contribution in [3.05, 3.63) is 35.4 Å². The van der Waals surface area contributed by atoms with E-state index in [1.807, 2.05) is 24.3 Å².